The van der Waals surface area contributed by atoms with Crippen LogP contribution in [0.2, 0.25) is 5.02 Å². The maximum atomic E-state index is 13.7. The van der Waals surface area contributed by atoms with Gasteiger partial charge in [0.05, 0.1) is 35.2 Å². The van der Waals surface area contributed by atoms with Gasteiger partial charge in [0.1, 0.15) is 11.4 Å². The van der Waals surface area contributed by atoms with Crippen LogP contribution >= 0.6 is 20.0 Å². The summed E-state index contributed by atoms with van der Waals surface area (Å²) in [6.07, 6.45) is -3.53. The Morgan fingerprint density at radius 1 is 1.05 bits per heavy atom. The molecule has 0 aliphatic carbocycles. The van der Waals surface area contributed by atoms with Crippen LogP contribution in [0.15, 0.2) is 48.7 Å². The summed E-state index contributed by atoms with van der Waals surface area (Å²) in [4.78, 5) is 20.0. The second-order valence-corrected chi connectivity index (χ2v) is 9.37. The molecule has 0 unspecified atom stereocenters. The summed E-state index contributed by atoms with van der Waals surface area (Å²) in [7, 11) is 0.321. The van der Waals surface area contributed by atoms with E-state index in [9.17, 15) is 18.0 Å². The van der Waals surface area contributed by atoms with E-state index in [4.69, 9.17) is 20.6 Å². The molecule has 0 saturated carbocycles. The predicted molar refractivity (Wildman–Crippen MR) is 139 cm³/mol. The molecule has 0 fully saturated rings. The first-order valence-corrected chi connectivity index (χ1v) is 13.0. The SMILES string of the molecule is CCOP(Cc1ccc(Nc2ncc(C(F)(F)F)c(Nc3ccccc3C(=O)NC)n2)c(Cl)c1)OCC. The van der Waals surface area contributed by atoms with Crippen molar-refractivity contribution >= 4 is 49.0 Å². The Morgan fingerprint density at radius 3 is 2.38 bits per heavy atom. The van der Waals surface area contributed by atoms with E-state index in [-0.39, 0.29) is 17.2 Å². The minimum absolute atomic E-state index is 0.117. The number of benzene rings is 2. The highest BCUT2D eigenvalue weighted by molar-refractivity contribution is 7.46. The number of carbonyl (C=O) groups excluding carboxylic acids is 1. The van der Waals surface area contributed by atoms with Gasteiger partial charge in [-0.1, -0.05) is 29.8 Å². The molecule has 0 aliphatic heterocycles. The van der Waals surface area contributed by atoms with Gasteiger partial charge in [-0.2, -0.15) is 18.2 Å². The molecule has 0 saturated heterocycles. The van der Waals surface area contributed by atoms with E-state index in [1.54, 1.807) is 24.3 Å². The van der Waals surface area contributed by atoms with Crippen LogP contribution in [0.1, 0.15) is 35.3 Å². The smallest absolute Gasteiger partial charge is 0.355 e. The molecule has 0 aliphatic rings. The molecule has 0 spiro atoms. The summed E-state index contributed by atoms with van der Waals surface area (Å²) >= 11 is 6.43. The van der Waals surface area contributed by atoms with E-state index in [1.807, 2.05) is 19.9 Å². The molecule has 1 aromatic heterocycles. The molecule has 37 heavy (non-hydrogen) atoms. The molecule has 8 nitrogen and oxygen atoms in total. The fourth-order valence-electron chi connectivity index (χ4n) is 3.24. The number of anilines is 4. The second-order valence-electron chi connectivity index (χ2n) is 7.47. The quantitative estimate of drug-likeness (QED) is 0.222. The van der Waals surface area contributed by atoms with Gasteiger partial charge >= 0.3 is 6.18 Å². The number of hydrogen-bond donors (Lipinski definition) is 3. The zero-order chi connectivity index (χ0) is 27.0. The van der Waals surface area contributed by atoms with E-state index in [0.717, 1.165) is 5.56 Å². The lowest BCUT2D eigenvalue weighted by Crippen LogP contribution is -2.20. The first-order valence-electron chi connectivity index (χ1n) is 11.3. The van der Waals surface area contributed by atoms with Crippen LogP contribution in [-0.4, -0.2) is 36.1 Å². The van der Waals surface area contributed by atoms with Crippen molar-refractivity contribution in [1.82, 2.24) is 15.3 Å². The number of amides is 1. The predicted octanol–water partition coefficient (Wildman–Crippen LogP) is 6.88. The molecule has 13 heteroatoms. The Bertz CT molecular complexity index is 1230. The standard InChI is InChI=1S/C24H26ClF3N5O3P/c1-4-35-37(36-5-2)14-15-10-11-20(18(25)12-15)32-23-30-13-17(24(26,27)28)21(33-23)31-19-9-7-6-8-16(19)22(34)29-3/h6-13H,4-5,14H2,1-3H3,(H,29,34)(H2,30,31,32,33). The van der Waals surface area contributed by atoms with Crippen molar-refractivity contribution in [2.75, 3.05) is 30.9 Å². The molecule has 0 bridgehead atoms. The lowest BCUT2D eigenvalue weighted by Gasteiger charge is -2.17. The Hall–Kier alpha value is -2.98. The highest BCUT2D eigenvalue weighted by Gasteiger charge is 2.35. The molecule has 1 amide bonds. The topological polar surface area (TPSA) is 97.4 Å². The van der Waals surface area contributed by atoms with Crippen LogP contribution in [0.3, 0.4) is 0 Å². The van der Waals surface area contributed by atoms with Gasteiger partial charge in [0.25, 0.3) is 5.91 Å². The number of nitrogens with zero attached hydrogens (tertiary/aromatic N) is 2. The van der Waals surface area contributed by atoms with Crippen LogP contribution in [0.4, 0.5) is 36.3 Å². The molecule has 3 N–H and O–H groups in total. The van der Waals surface area contributed by atoms with Crippen LogP contribution in [0, 0.1) is 0 Å². The van der Waals surface area contributed by atoms with Gasteiger partial charge in [0.2, 0.25) is 5.95 Å². The normalized spacial score (nSPS) is 11.5. The lowest BCUT2D eigenvalue weighted by molar-refractivity contribution is -0.137. The Morgan fingerprint density at radius 2 is 1.76 bits per heavy atom. The van der Waals surface area contributed by atoms with E-state index < -0.39 is 31.8 Å². The molecule has 3 rings (SSSR count). The average molecular weight is 556 g/mol. The molecule has 3 aromatic rings. The zero-order valence-electron chi connectivity index (χ0n) is 20.3. The first kappa shape index (κ1) is 28.6. The lowest BCUT2D eigenvalue weighted by atomic mass is 10.1. The summed E-state index contributed by atoms with van der Waals surface area (Å²) in [6.45, 7) is 4.82. The van der Waals surface area contributed by atoms with Crippen molar-refractivity contribution < 1.29 is 27.0 Å². The third kappa shape index (κ3) is 7.75. The van der Waals surface area contributed by atoms with Crippen molar-refractivity contribution in [2.24, 2.45) is 0 Å². The van der Waals surface area contributed by atoms with Crippen molar-refractivity contribution in [1.29, 1.82) is 0 Å². The first-order chi connectivity index (χ1) is 17.7. The minimum Gasteiger partial charge on any atom is -0.355 e. The molecule has 0 atom stereocenters. The van der Waals surface area contributed by atoms with Gasteiger partial charge in [-0.05, 0) is 43.7 Å². The van der Waals surface area contributed by atoms with Gasteiger partial charge < -0.3 is 25.0 Å². The highest BCUT2D eigenvalue weighted by atomic mass is 35.5. The summed E-state index contributed by atoms with van der Waals surface area (Å²) in [6, 6.07) is 11.4. The Kier molecular flexibility index (Phi) is 10.0. The molecule has 0 radical (unpaired) electrons. The third-order valence-electron chi connectivity index (χ3n) is 4.88. The number of nitrogens with one attached hydrogen (secondary N) is 3. The fraction of sp³-hybridized carbons (Fsp3) is 0.292. The molecule has 2 aromatic carbocycles. The van der Waals surface area contributed by atoms with Crippen molar-refractivity contribution in [2.45, 2.75) is 26.2 Å². The average Bonchev–Trinajstić information content (AvgIpc) is 2.85. The van der Waals surface area contributed by atoms with Crippen LogP contribution < -0.4 is 16.0 Å². The summed E-state index contributed by atoms with van der Waals surface area (Å²) in [5.41, 5.74) is 0.499. The molecule has 1 heterocycles. The largest absolute Gasteiger partial charge is 0.421 e. The molecular weight excluding hydrogens is 530 g/mol. The van der Waals surface area contributed by atoms with E-state index in [2.05, 4.69) is 25.9 Å². The van der Waals surface area contributed by atoms with Crippen molar-refractivity contribution in [3.63, 3.8) is 0 Å². The fourth-order valence-corrected chi connectivity index (χ4v) is 4.82. The summed E-state index contributed by atoms with van der Waals surface area (Å²) in [5.74, 6) is -1.10. The van der Waals surface area contributed by atoms with Crippen LogP contribution in [-0.2, 0) is 21.4 Å². The van der Waals surface area contributed by atoms with Gasteiger partial charge in [0, 0.05) is 19.4 Å². The van der Waals surface area contributed by atoms with E-state index in [0.29, 0.717) is 36.3 Å². The maximum absolute atomic E-state index is 13.7. The van der Waals surface area contributed by atoms with Crippen LogP contribution in [0.25, 0.3) is 0 Å². The molecular formula is C24H26ClF3N5O3P. The van der Waals surface area contributed by atoms with Gasteiger partial charge in [-0.3, -0.25) is 4.79 Å². The number of alkyl halides is 3. The zero-order valence-corrected chi connectivity index (χ0v) is 22.0. The minimum atomic E-state index is -4.73. The number of hydrogen-bond acceptors (Lipinski definition) is 7. The van der Waals surface area contributed by atoms with Crippen molar-refractivity contribution in [3.05, 3.63) is 70.4 Å². The number of halogens is 4. The third-order valence-corrected chi connectivity index (χ3v) is 6.91. The highest BCUT2D eigenvalue weighted by Crippen LogP contribution is 2.43. The second kappa shape index (κ2) is 13.0. The van der Waals surface area contributed by atoms with Crippen LogP contribution in [0.5, 0.6) is 0 Å². The van der Waals surface area contributed by atoms with E-state index >= 15 is 0 Å². The summed E-state index contributed by atoms with van der Waals surface area (Å²) < 4.78 is 52.3. The van der Waals surface area contributed by atoms with Gasteiger partial charge in [-0.15, -0.1) is 0 Å². The Labute approximate surface area is 218 Å². The molecule has 198 valence electrons. The number of rotatable bonds is 11. The maximum Gasteiger partial charge on any atom is 0.421 e. The van der Waals surface area contributed by atoms with E-state index in [1.165, 1.54) is 19.2 Å². The Balaban J connectivity index is 1.89. The number of carbonyl (C=O) groups is 1. The van der Waals surface area contributed by atoms with Crippen molar-refractivity contribution in [3.8, 4) is 0 Å². The van der Waals surface area contributed by atoms with Gasteiger partial charge in [0.15, 0.2) is 8.38 Å². The summed E-state index contributed by atoms with van der Waals surface area (Å²) in [5, 5.41) is 8.27. The monoisotopic (exact) mass is 555 g/mol. The number of aromatic nitrogens is 2. The number of para-hydroxylation sites is 1. The van der Waals surface area contributed by atoms with Gasteiger partial charge in [-0.25, -0.2) is 4.98 Å².